The molecule has 2 fully saturated rings. The number of amides is 1. The third kappa shape index (κ3) is 3.76. The van der Waals surface area contributed by atoms with Crippen molar-refractivity contribution in [2.24, 2.45) is 0 Å². The van der Waals surface area contributed by atoms with Gasteiger partial charge in [-0.15, -0.1) is 0 Å². The molecule has 1 aromatic carbocycles. The number of carboxylic acid groups (broad SMARTS) is 1. The molecule has 1 aliphatic carbocycles. The van der Waals surface area contributed by atoms with E-state index in [0.717, 1.165) is 55.9 Å². The van der Waals surface area contributed by atoms with E-state index in [0.29, 0.717) is 5.56 Å². The first-order chi connectivity index (χ1) is 13.1. The largest absolute Gasteiger partial charge is 0.478 e. The summed E-state index contributed by atoms with van der Waals surface area (Å²) in [5.41, 5.74) is 2.15. The Hall–Kier alpha value is -2.21. The average molecular weight is 385 g/mol. The molecule has 2 unspecified atom stereocenters. The van der Waals surface area contributed by atoms with Crippen LogP contribution in [0, 0.1) is 0 Å². The van der Waals surface area contributed by atoms with Crippen molar-refractivity contribution in [2.75, 3.05) is 30.3 Å². The van der Waals surface area contributed by atoms with Crippen LogP contribution < -0.4 is 4.90 Å². The molecule has 0 spiro atoms. The highest BCUT2D eigenvalue weighted by Crippen LogP contribution is 2.34. The van der Waals surface area contributed by atoms with Gasteiger partial charge in [-0.2, -0.15) is 11.8 Å². The third-order valence-electron chi connectivity index (χ3n) is 5.45. The number of hydrogen-bond acceptors (Lipinski definition) is 4. The fourth-order valence-corrected chi connectivity index (χ4v) is 5.26. The van der Waals surface area contributed by atoms with Gasteiger partial charge >= 0.3 is 5.97 Å². The zero-order chi connectivity index (χ0) is 18.8. The maximum Gasteiger partial charge on any atom is 0.335 e. The van der Waals surface area contributed by atoms with Crippen LogP contribution in [-0.2, 0) is 4.79 Å². The molecular weight excluding hydrogens is 360 g/mol. The van der Waals surface area contributed by atoms with Crippen LogP contribution in [0.15, 0.2) is 48.1 Å². The second-order valence-electron chi connectivity index (χ2n) is 7.21. The van der Waals surface area contributed by atoms with Crippen LogP contribution >= 0.6 is 11.8 Å². The van der Waals surface area contributed by atoms with Crippen molar-refractivity contribution in [3.05, 3.63) is 53.6 Å². The van der Waals surface area contributed by atoms with Crippen LogP contribution in [0.5, 0.6) is 0 Å². The van der Waals surface area contributed by atoms with E-state index in [1.807, 2.05) is 34.9 Å². The maximum absolute atomic E-state index is 12.7. The average Bonchev–Trinajstić information content (AvgIpc) is 3.14. The molecule has 1 aromatic rings. The van der Waals surface area contributed by atoms with E-state index in [4.69, 9.17) is 5.11 Å². The molecule has 27 heavy (non-hydrogen) atoms. The van der Waals surface area contributed by atoms with Gasteiger partial charge in [0.15, 0.2) is 0 Å². The van der Waals surface area contributed by atoms with Crippen molar-refractivity contribution >= 4 is 29.3 Å². The molecule has 2 saturated heterocycles. The highest BCUT2D eigenvalue weighted by molar-refractivity contribution is 8.00. The fourth-order valence-electron chi connectivity index (χ4n) is 4.02. The molecular formula is C21H24N2O3S. The number of rotatable bonds is 3. The molecule has 1 N–H and O–H groups in total. The van der Waals surface area contributed by atoms with Crippen LogP contribution in [-0.4, -0.2) is 58.6 Å². The van der Waals surface area contributed by atoms with Crippen molar-refractivity contribution in [3.8, 4) is 0 Å². The van der Waals surface area contributed by atoms with E-state index in [-0.39, 0.29) is 17.2 Å². The van der Waals surface area contributed by atoms with Crippen molar-refractivity contribution < 1.29 is 14.7 Å². The number of fused-ring (bicyclic) bond motifs is 1. The smallest absolute Gasteiger partial charge is 0.335 e. The van der Waals surface area contributed by atoms with Gasteiger partial charge < -0.3 is 14.9 Å². The second-order valence-corrected chi connectivity index (χ2v) is 8.49. The van der Waals surface area contributed by atoms with Crippen molar-refractivity contribution in [1.82, 2.24) is 4.90 Å². The Balaban J connectivity index is 1.55. The Morgan fingerprint density at radius 3 is 2.48 bits per heavy atom. The minimum Gasteiger partial charge on any atom is -0.478 e. The molecule has 0 radical (unpaired) electrons. The number of benzene rings is 1. The number of nitrogens with zero attached hydrogens (tertiary/aromatic N) is 2. The number of carbonyl (C=O) groups is 2. The van der Waals surface area contributed by atoms with Crippen molar-refractivity contribution in [2.45, 2.75) is 30.6 Å². The molecule has 0 aromatic heterocycles. The highest BCUT2D eigenvalue weighted by atomic mass is 32.2. The van der Waals surface area contributed by atoms with Crippen molar-refractivity contribution in [3.63, 3.8) is 0 Å². The van der Waals surface area contributed by atoms with Gasteiger partial charge in [-0.05, 0) is 49.3 Å². The molecule has 0 saturated carbocycles. The number of carboxylic acids is 1. The van der Waals surface area contributed by atoms with E-state index in [9.17, 15) is 9.59 Å². The zero-order valence-corrected chi connectivity index (χ0v) is 16.0. The Morgan fingerprint density at radius 2 is 1.78 bits per heavy atom. The first-order valence-corrected chi connectivity index (χ1v) is 10.6. The summed E-state index contributed by atoms with van der Waals surface area (Å²) in [6, 6.07) is 7.28. The number of likely N-dealkylation sites (tertiary alicyclic amines) is 1. The first kappa shape index (κ1) is 18.2. The molecule has 3 aliphatic rings. The van der Waals surface area contributed by atoms with Crippen LogP contribution in [0.1, 0.15) is 29.6 Å². The van der Waals surface area contributed by atoms with Crippen LogP contribution in [0.3, 0.4) is 0 Å². The number of anilines is 1. The molecule has 1 amide bonds. The van der Waals surface area contributed by atoms with Gasteiger partial charge in [0.25, 0.3) is 5.91 Å². The Bertz CT molecular complexity index is 781. The Morgan fingerprint density at radius 1 is 1.04 bits per heavy atom. The molecule has 5 nitrogen and oxygen atoms in total. The summed E-state index contributed by atoms with van der Waals surface area (Å²) in [6.07, 6.45) is 9.53. The standard InChI is InChI=1S/C21H24N2O3S/c24-20(22-10-1-2-11-22)16-6-9-18-19(14-16)27-13-3-12-23(18)17-7-4-15(5-8-17)21(25)26/h4-9,14,18-19H,1-3,10-13H2,(H,25,26). The van der Waals surface area contributed by atoms with Gasteiger partial charge in [-0.25, -0.2) is 4.79 Å². The lowest BCUT2D eigenvalue weighted by Crippen LogP contribution is -2.41. The summed E-state index contributed by atoms with van der Waals surface area (Å²) in [4.78, 5) is 28.1. The van der Waals surface area contributed by atoms with Gasteiger partial charge in [0, 0.05) is 36.1 Å². The lowest BCUT2D eigenvalue weighted by atomic mass is 9.99. The van der Waals surface area contributed by atoms with E-state index in [1.54, 1.807) is 12.1 Å². The fraction of sp³-hybridized carbons (Fsp3) is 0.429. The normalized spacial score (nSPS) is 25.0. The molecule has 2 aliphatic heterocycles. The summed E-state index contributed by atoms with van der Waals surface area (Å²) >= 11 is 1.90. The maximum atomic E-state index is 12.7. The lowest BCUT2D eigenvalue weighted by molar-refractivity contribution is -0.125. The molecule has 0 bridgehead atoms. The predicted octanol–water partition coefficient (Wildman–Crippen LogP) is 3.18. The lowest BCUT2D eigenvalue weighted by Gasteiger charge is -2.35. The van der Waals surface area contributed by atoms with E-state index < -0.39 is 5.97 Å². The molecule has 2 heterocycles. The first-order valence-electron chi connectivity index (χ1n) is 9.54. The minimum absolute atomic E-state index is 0.157. The monoisotopic (exact) mass is 384 g/mol. The summed E-state index contributed by atoms with van der Waals surface area (Å²) in [7, 11) is 0. The quantitative estimate of drug-likeness (QED) is 0.867. The van der Waals surface area contributed by atoms with Gasteiger partial charge in [0.05, 0.1) is 11.6 Å². The van der Waals surface area contributed by atoms with Crippen LogP contribution in [0.25, 0.3) is 0 Å². The summed E-state index contributed by atoms with van der Waals surface area (Å²) in [5, 5.41) is 9.35. The minimum atomic E-state index is -0.906. The van der Waals surface area contributed by atoms with E-state index in [2.05, 4.69) is 17.1 Å². The SMILES string of the molecule is O=C(O)c1ccc(N2CCCSC3C=C(C(=O)N4CCCC4)C=CC32)cc1. The zero-order valence-electron chi connectivity index (χ0n) is 15.2. The number of carbonyl (C=O) groups excluding carboxylic acids is 1. The number of aromatic carboxylic acids is 1. The third-order valence-corrected chi connectivity index (χ3v) is 6.78. The highest BCUT2D eigenvalue weighted by Gasteiger charge is 2.32. The van der Waals surface area contributed by atoms with Gasteiger partial charge in [0.2, 0.25) is 0 Å². The summed E-state index contributed by atoms with van der Waals surface area (Å²) in [5.74, 6) is 0.307. The number of hydrogen-bond donors (Lipinski definition) is 1. The van der Waals surface area contributed by atoms with Gasteiger partial charge in [-0.1, -0.05) is 18.2 Å². The van der Waals surface area contributed by atoms with Crippen LogP contribution in [0.2, 0.25) is 0 Å². The van der Waals surface area contributed by atoms with Gasteiger partial charge in [-0.3, -0.25) is 4.79 Å². The molecule has 2 atom stereocenters. The Kier molecular flexibility index (Phi) is 5.25. The molecule has 4 rings (SSSR count). The second kappa shape index (κ2) is 7.80. The number of thioether (sulfide) groups is 1. The van der Waals surface area contributed by atoms with Crippen LogP contribution in [0.4, 0.5) is 5.69 Å². The van der Waals surface area contributed by atoms with E-state index >= 15 is 0 Å². The topological polar surface area (TPSA) is 60.9 Å². The summed E-state index contributed by atoms with van der Waals surface area (Å²) in [6.45, 7) is 2.66. The Labute approximate surface area is 163 Å². The van der Waals surface area contributed by atoms with Crippen molar-refractivity contribution in [1.29, 1.82) is 0 Å². The molecule has 6 heteroatoms. The molecule has 142 valence electrons. The predicted molar refractivity (Wildman–Crippen MR) is 108 cm³/mol. The van der Waals surface area contributed by atoms with E-state index in [1.165, 1.54) is 0 Å². The summed E-state index contributed by atoms with van der Waals surface area (Å²) < 4.78 is 0. The van der Waals surface area contributed by atoms with Gasteiger partial charge in [0.1, 0.15) is 0 Å².